The lowest BCUT2D eigenvalue weighted by atomic mass is 10.2. The molecule has 2 heterocycles. The van der Waals surface area contributed by atoms with E-state index in [4.69, 9.17) is 22.8 Å². The third kappa shape index (κ3) is 3.09. The van der Waals surface area contributed by atoms with Crippen LogP contribution in [0.2, 0.25) is 0 Å². The van der Waals surface area contributed by atoms with Gasteiger partial charge >= 0.3 is 6.09 Å². The number of hydrogen-bond acceptors (Lipinski definition) is 4. The number of fused-ring (bicyclic) bond motifs is 2. The number of hydrazine groups is 1. The van der Waals surface area contributed by atoms with Crippen LogP contribution in [-0.4, -0.2) is 51.8 Å². The van der Waals surface area contributed by atoms with Crippen LogP contribution in [0.5, 0.6) is 0 Å². The Morgan fingerprint density at radius 2 is 1.84 bits per heavy atom. The number of piperazine rings is 1. The number of amides is 1. The average Bonchev–Trinajstić information content (AvgIpc) is 2.57. The maximum Gasteiger partial charge on any atom is 0.410 e. The van der Waals surface area contributed by atoms with Crippen LogP contribution in [0.4, 0.5) is 4.79 Å². The van der Waals surface area contributed by atoms with Crippen LogP contribution < -0.4 is 11.3 Å². The lowest BCUT2D eigenvalue weighted by Crippen LogP contribution is -2.60. The standard InChI is InChI=1S/C12H22N4O2S/c1-12(2,3)18-11(17)16-8-4-5-9(16)7-15(6-8)10(19)14-13/h8-9H,4-7,13H2,1-3H3,(H,14,19). The van der Waals surface area contributed by atoms with Crippen molar-refractivity contribution in [1.82, 2.24) is 15.2 Å². The van der Waals surface area contributed by atoms with Crippen LogP contribution in [0, 0.1) is 0 Å². The van der Waals surface area contributed by atoms with Crippen molar-refractivity contribution < 1.29 is 9.53 Å². The molecule has 0 aromatic heterocycles. The van der Waals surface area contributed by atoms with Crippen molar-refractivity contribution in [3.8, 4) is 0 Å². The topological polar surface area (TPSA) is 70.8 Å². The van der Waals surface area contributed by atoms with E-state index in [0.29, 0.717) is 5.11 Å². The molecule has 1 amide bonds. The first-order valence-electron chi connectivity index (χ1n) is 6.58. The highest BCUT2D eigenvalue weighted by Gasteiger charge is 2.44. The molecule has 2 saturated heterocycles. The summed E-state index contributed by atoms with van der Waals surface area (Å²) < 4.78 is 5.48. The number of likely N-dealkylation sites (tertiary alicyclic amines) is 1. The van der Waals surface area contributed by atoms with E-state index < -0.39 is 5.60 Å². The van der Waals surface area contributed by atoms with Gasteiger partial charge in [-0.25, -0.2) is 10.6 Å². The Morgan fingerprint density at radius 1 is 1.32 bits per heavy atom. The molecule has 2 aliphatic rings. The highest BCUT2D eigenvalue weighted by Crippen LogP contribution is 2.31. The van der Waals surface area contributed by atoms with E-state index in [1.807, 2.05) is 30.6 Å². The first-order valence-corrected chi connectivity index (χ1v) is 6.99. The summed E-state index contributed by atoms with van der Waals surface area (Å²) in [5.74, 6) is 5.35. The third-order valence-corrected chi connectivity index (χ3v) is 3.87. The molecule has 2 rings (SSSR count). The van der Waals surface area contributed by atoms with Gasteiger partial charge in [-0.2, -0.15) is 0 Å². The van der Waals surface area contributed by atoms with Gasteiger partial charge in [0.1, 0.15) is 5.60 Å². The number of hydrogen-bond donors (Lipinski definition) is 2. The van der Waals surface area contributed by atoms with Gasteiger partial charge in [0.15, 0.2) is 5.11 Å². The fraction of sp³-hybridized carbons (Fsp3) is 0.833. The number of nitrogens with two attached hydrogens (primary N) is 1. The summed E-state index contributed by atoms with van der Waals surface area (Å²) in [5.41, 5.74) is 2.05. The predicted octanol–water partition coefficient (Wildman–Crippen LogP) is 0.818. The van der Waals surface area contributed by atoms with Crippen molar-refractivity contribution >= 4 is 23.4 Å². The Hall–Kier alpha value is -1.08. The molecule has 19 heavy (non-hydrogen) atoms. The van der Waals surface area contributed by atoms with Crippen LogP contribution in [0.15, 0.2) is 0 Å². The molecular weight excluding hydrogens is 264 g/mol. The molecule has 0 aromatic carbocycles. The van der Waals surface area contributed by atoms with Crippen LogP contribution in [-0.2, 0) is 4.74 Å². The maximum absolute atomic E-state index is 12.2. The number of thiocarbonyl (C=S) groups is 1. The molecular formula is C12H22N4O2S. The Balaban J connectivity index is 2.03. The summed E-state index contributed by atoms with van der Waals surface area (Å²) in [4.78, 5) is 16.1. The number of ether oxygens (including phenoxy) is 1. The number of carbonyl (C=O) groups excluding carboxylic acids is 1. The van der Waals surface area contributed by atoms with Gasteiger partial charge in [0.2, 0.25) is 0 Å². The van der Waals surface area contributed by atoms with E-state index in [2.05, 4.69) is 5.43 Å². The Kier molecular flexibility index (Phi) is 3.87. The monoisotopic (exact) mass is 286 g/mol. The van der Waals surface area contributed by atoms with Crippen molar-refractivity contribution in [2.45, 2.75) is 51.3 Å². The smallest absolute Gasteiger partial charge is 0.410 e. The van der Waals surface area contributed by atoms with E-state index in [1.54, 1.807) is 0 Å². The summed E-state index contributed by atoms with van der Waals surface area (Å²) in [7, 11) is 0. The lowest BCUT2D eigenvalue weighted by molar-refractivity contribution is 0.00275. The number of nitrogens with zero attached hydrogens (tertiary/aromatic N) is 2. The molecule has 2 fully saturated rings. The second-order valence-corrected chi connectivity index (χ2v) is 6.51. The van der Waals surface area contributed by atoms with Gasteiger partial charge in [0, 0.05) is 13.1 Å². The quantitative estimate of drug-likeness (QED) is 0.390. The maximum atomic E-state index is 12.2. The van der Waals surface area contributed by atoms with Gasteiger partial charge in [-0.1, -0.05) is 0 Å². The largest absolute Gasteiger partial charge is 0.444 e. The van der Waals surface area contributed by atoms with Gasteiger partial charge in [0.25, 0.3) is 0 Å². The summed E-state index contributed by atoms with van der Waals surface area (Å²) in [6, 6.07) is 0.333. The van der Waals surface area contributed by atoms with Crippen LogP contribution >= 0.6 is 12.2 Å². The molecule has 0 radical (unpaired) electrons. The van der Waals surface area contributed by atoms with Crippen molar-refractivity contribution in [3.63, 3.8) is 0 Å². The van der Waals surface area contributed by atoms with E-state index in [9.17, 15) is 4.79 Å². The van der Waals surface area contributed by atoms with Crippen molar-refractivity contribution in [2.24, 2.45) is 5.84 Å². The van der Waals surface area contributed by atoms with E-state index in [0.717, 1.165) is 25.9 Å². The molecule has 0 aromatic rings. The Bertz CT molecular complexity index is 368. The molecule has 0 aliphatic carbocycles. The molecule has 2 atom stereocenters. The fourth-order valence-corrected chi connectivity index (χ4v) is 2.92. The summed E-state index contributed by atoms with van der Waals surface area (Å²) in [5, 5.41) is 0.542. The molecule has 0 saturated carbocycles. The first-order chi connectivity index (χ1) is 8.81. The van der Waals surface area contributed by atoms with Gasteiger partial charge < -0.3 is 15.1 Å². The second-order valence-electron chi connectivity index (χ2n) is 6.13. The Labute approximate surface area is 119 Å². The molecule has 2 aliphatic heterocycles. The summed E-state index contributed by atoms with van der Waals surface area (Å²) >= 11 is 5.16. The number of rotatable bonds is 0. The molecule has 2 bridgehead atoms. The normalized spacial score (nSPS) is 26.3. The second kappa shape index (κ2) is 5.13. The van der Waals surface area contributed by atoms with Crippen LogP contribution in [0.1, 0.15) is 33.6 Å². The summed E-state index contributed by atoms with van der Waals surface area (Å²) in [6.07, 6.45) is 1.77. The zero-order chi connectivity index (χ0) is 14.2. The molecule has 6 nitrogen and oxygen atoms in total. The zero-order valence-electron chi connectivity index (χ0n) is 11.7. The Morgan fingerprint density at radius 3 is 2.26 bits per heavy atom. The first kappa shape index (κ1) is 14.3. The number of carbonyl (C=O) groups is 1. The average molecular weight is 286 g/mol. The molecule has 2 unspecified atom stereocenters. The van der Waals surface area contributed by atoms with Crippen LogP contribution in [0.25, 0.3) is 0 Å². The van der Waals surface area contributed by atoms with Gasteiger partial charge in [-0.3, -0.25) is 4.90 Å². The van der Waals surface area contributed by atoms with Gasteiger partial charge in [-0.05, 0) is 45.8 Å². The highest BCUT2D eigenvalue weighted by atomic mass is 32.1. The third-order valence-electron chi connectivity index (χ3n) is 3.50. The molecule has 108 valence electrons. The van der Waals surface area contributed by atoms with Crippen molar-refractivity contribution in [3.05, 3.63) is 0 Å². The van der Waals surface area contributed by atoms with Crippen LogP contribution in [0.3, 0.4) is 0 Å². The van der Waals surface area contributed by atoms with Crippen molar-refractivity contribution in [1.29, 1.82) is 0 Å². The zero-order valence-corrected chi connectivity index (χ0v) is 12.5. The minimum Gasteiger partial charge on any atom is -0.444 e. The fourth-order valence-electron chi connectivity index (χ4n) is 2.77. The van der Waals surface area contributed by atoms with Gasteiger partial charge in [0.05, 0.1) is 12.1 Å². The predicted molar refractivity (Wildman–Crippen MR) is 76.4 cm³/mol. The highest BCUT2D eigenvalue weighted by molar-refractivity contribution is 7.80. The molecule has 7 heteroatoms. The summed E-state index contributed by atoms with van der Waals surface area (Å²) in [6.45, 7) is 7.10. The minimum atomic E-state index is -0.457. The van der Waals surface area contributed by atoms with Crippen molar-refractivity contribution in [2.75, 3.05) is 13.1 Å². The minimum absolute atomic E-state index is 0.167. The molecule has 3 N–H and O–H groups in total. The number of nitrogens with one attached hydrogen (secondary N) is 1. The van der Waals surface area contributed by atoms with Gasteiger partial charge in [-0.15, -0.1) is 0 Å². The SMILES string of the molecule is CC(C)(C)OC(=O)N1C2CCC1CN(C(=S)NN)C2. The van der Waals surface area contributed by atoms with E-state index in [-0.39, 0.29) is 18.2 Å². The lowest BCUT2D eigenvalue weighted by Gasteiger charge is -2.41. The molecule has 0 spiro atoms. The van der Waals surface area contributed by atoms with E-state index in [1.165, 1.54) is 0 Å². The van der Waals surface area contributed by atoms with E-state index >= 15 is 0 Å².